The van der Waals surface area contributed by atoms with Crippen molar-refractivity contribution < 1.29 is 4.79 Å². The van der Waals surface area contributed by atoms with E-state index in [1.165, 1.54) is 16.6 Å². The number of carbonyl (C=O) groups is 1. The zero-order chi connectivity index (χ0) is 14.0. The van der Waals surface area contributed by atoms with Gasteiger partial charge in [-0.15, -0.1) is 12.4 Å². The molecule has 2 aromatic rings. The van der Waals surface area contributed by atoms with E-state index in [2.05, 4.69) is 36.3 Å². The quantitative estimate of drug-likeness (QED) is 0.810. The number of hydrogen-bond donors (Lipinski definition) is 3. The van der Waals surface area contributed by atoms with Crippen LogP contribution in [0.5, 0.6) is 0 Å². The Kier molecular flexibility index (Phi) is 5.60. The summed E-state index contributed by atoms with van der Waals surface area (Å²) in [5.41, 5.74) is 10.2. The first-order valence-corrected chi connectivity index (χ1v) is 6.58. The molecule has 0 saturated carbocycles. The molecule has 5 heteroatoms. The van der Waals surface area contributed by atoms with Crippen LogP contribution in [0.4, 0.5) is 0 Å². The Bertz CT molecular complexity index is 606. The van der Waals surface area contributed by atoms with Crippen LogP contribution in [0.15, 0.2) is 18.2 Å². The topological polar surface area (TPSA) is 70.9 Å². The molecule has 0 spiro atoms. The molecule has 1 aromatic carbocycles. The van der Waals surface area contributed by atoms with E-state index in [1.54, 1.807) is 0 Å². The molecule has 4 N–H and O–H groups in total. The summed E-state index contributed by atoms with van der Waals surface area (Å²) in [6.45, 7) is 6.93. The number of nitrogens with one attached hydrogen (secondary N) is 2. The molecule has 0 aliphatic heterocycles. The van der Waals surface area contributed by atoms with Gasteiger partial charge in [0.05, 0.1) is 0 Å². The summed E-state index contributed by atoms with van der Waals surface area (Å²) >= 11 is 0. The maximum atomic E-state index is 11.7. The highest BCUT2D eigenvalue weighted by Gasteiger charge is 2.10. The van der Waals surface area contributed by atoms with Gasteiger partial charge in [0, 0.05) is 35.6 Å². The second kappa shape index (κ2) is 6.77. The van der Waals surface area contributed by atoms with E-state index in [0.29, 0.717) is 13.1 Å². The van der Waals surface area contributed by atoms with E-state index in [0.717, 1.165) is 11.1 Å². The molecule has 0 fully saturated rings. The minimum Gasteiger partial charge on any atom is -0.358 e. The van der Waals surface area contributed by atoms with Gasteiger partial charge in [0.15, 0.2) is 0 Å². The number of aryl methyl sites for hydroxylation is 2. The van der Waals surface area contributed by atoms with Crippen LogP contribution in [0.25, 0.3) is 10.9 Å². The maximum absolute atomic E-state index is 11.7. The lowest BCUT2D eigenvalue weighted by Gasteiger charge is -2.10. The van der Waals surface area contributed by atoms with Crippen LogP contribution < -0.4 is 11.1 Å². The molecule has 2 rings (SSSR count). The maximum Gasteiger partial charge on any atom is 0.224 e. The van der Waals surface area contributed by atoms with Gasteiger partial charge in [0.1, 0.15) is 0 Å². The molecule has 1 atom stereocenters. The molecule has 0 aliphatic carbocycles. The fourth-order valence-electron chi connectivity index (χ4n) is 2.09. The summed E-state index contributed by atoms with van der Waals surface area (Å²) in [7, 11) is 0. The van der Waals surface area contributed by atoms with E-state index in [-0.39, 0.29) is 24.2 Å². The third-order valence-corrected chi connectivity index (χ3v) is 3.64. The van der Waals surface area contributed by atoms with E-state index >= 15 is 0 Å². The number of aromatic amines is 1. The van der Waals surface area contributed by atoms with Gasteiger partial charge in [0.2, 0.25) is 5.91 Å². The Hall–Kier alpha value is -1.52. The third kappa shape index (κ3) is 3.32. The summed E-state index contributed by atoms with van der Waals surface area (Å²) in [6.07, 6.45) is 0. The van der Waals surface area contributed by atoms with Crippen molar-refractivity contribution in [1.29, 1.82) is 0 Å². The van der Waals surface area contributed by atoms with Gasteiger partial charge in [-0.1, -0.05) is 13.0 Å². The van der Waals surface area contributed by atoms with E-state index < -0.39 is 0 Å². The Morgan fingerprint density at radius 2 is 2.10 bits per heavy atom. The molecule has 4 nitrogen and oxygen atoms in total. The Balaban J connectivity index is 0.00000200. The van der Waals surface area contributed by atoms with Crippen molar-refractivity contribution >= 4 is 29.2 Å². The highest BCUT2D eigenvalue weighted by molar-refractivity contribution is 5.85. The highest BCUT2D eigenvalue weighted by atomic mass is 35.5. The molecule has 0 aliphatic rings. The van der Waals surface area contributed by atoms with Crippen LogP contribution in [0.1, 0.15) is 23.7 Å². The zero-order valence-corrected chi connectivity index (χ0v) is 12.9. The number of H-pyrrole nitrogens is 1. The molecule has 1 aromatic heterocycles. The predicted molar refractivity (Wildman–Crippen MR) is 85.1 cm³/mol. The van der Waals surface area contributed by atoms with Gasteiger partial charge >= 0.3 is 0 Å². The Morgan fingerprint density at radius 1 is 1.40 bits per heavy atom. The largest absolute Gasteiger partial charge is 0.358 e. The fraction of sp³-hybridized carbons (Fsp3) is 0.400. The molecule has 20 heavy (non-hydrogen) atoms. The lowest BCUT2D eigenvalue weighted by Crippen LogP contribution is -2.32. The summed E-state index contributed by atoms with van der Waals surface area (Å²) in [6, 6.07) is 6.22. The monoisotopic (exact) mass is 295 g/mol. The average Bonchev–Trinajstić information content (AvgIpc) is 2.70. The standard InChI is InChI=1S/C15H21N3O.ClH/c1-9(7-16)15(19)17-8-12-4-5-14-13(6-12)10(2)11(3)18-14;/h4-6,9,18H,7-8,16H2,1-3H3,(H,17,19);1H. The van der Waals surface area contributed by atoms with Crippen molar-refractivity contribution in [2.75, 3.05) is 6.54 Å². The number of amides is 1. The molecule has 1 heterocycles. The van der Waals surface area contributed by atoms with Crippen molar-refractivity contribution in [2.45, 2.75) is 27.3 Å². The second-order valence-electron chi connectivity index (χ2n) is 5.11. The Morgan fingerprint density at radius 3 is 2.75 bits per heavy atom. The Labute approximate surface area is 125 Å². The molecule has 1 unspecified atom stereocenters. The van der Waals surface area contributed by atoms with Gasteiger partial charge in [-0.05, 0) is 37.1 Å². The average molecular weight is 296 g/mol. The fourth-order valence-corrected chi connectivity index (χ4v) is 2.09. The van der Waals surface area contributed by atoms with Crippen molar-refractivity contribution in [3.63, 3.8) is 0 Å². The normalized spacial score (nSPS) is 12.0. The first-order chi connectivity index (χ1) is 9.02. The summed E-state index contributed by atoms with van der Waals surface area (Å²) in [4.78, 5) is 15.0. The van der Waals surface area contributed by atoms with E-state index in [9.17, 15) is 4.79 Å². The summed E-state index contributed by atoms with van der Waals surface area (Å²) in [5.74, 6) is -0.135. The van der Waals surface area contributed by atoms with E-state index in [1.807, 2.05) is 13.0 Å². The number of nitrogens with two attached hydrogens (primary N) is 1. The summed E-state index contributed by atoms with van der Waals surface area (Å²) in [5, 5.41) is 4.13. The molecule has 0 radical (unpaired) electrons. The van der Waals surface area contributed by atoms with Crippen molar-refractivity contribution in [3.8, 4) is 0 Å². The number of benzene rings is 1. The van der Waals surface area contributed by atoms with Gasteiger partial charge in [-0.25, -0.2) is 0 Å². The number of carbonyl (C=O) groups excluding carboxylic acids is 1. The molecular weight excluding hydrogens is 274 g/mol. The van der Waals surface area contributed by atoms with Gasteiger partial charge in [-0.2, -0.15) is 0 Å². The van der Waals surface area contributed by atoms with Crippen LogP contribution in [0.3, 0.4) is 0 Å². The first-order valence-electron chi connectivity index (χ1n) is 6.58. The first kappa shape index (κ1) is 16.5. The lowest BCUT2D eigenvalue weighted by atomic mass is 10.1. The molecule has 0 bridgehead atoms. The van der Waals surface area contributed by atoms with Crippen LogP contribution in [0.2, 0.25) is 0 Å². The predicted octanol–water partition coefficient (Wildman–Crippen LogP) is 2.42. The second-order valence-corrected chi connectivity index (χ2v) is 5.11. The minimum absolute atomic E-state index is 0. The van der Waals surface area contributed by atoms with Crippen molar-refractivity contribution in [1.82, 2.24) is 10.3 Å². The minimum atomic E-state index is -0.139. The van der Waals surface area contributed by atoms with Gasteiger partial charge in [0.25, 0.3) is 0 Å². The molecular formula is C15H22ClN3O. The highest BCUT2D eigenvalue weighted by Crippen LogP contribution is 2.22. The van der Waals surface area contributed by atoms with Crippen molar-refractivity contribution in [3.05, 3.63) is 35.0 Å². The number of fused-ring (bicyclic) bond motifs is 1. The van der Waals surface area contributed by atoms with Crippen LogP contribution >= 0.6 is 12.4 Å². The molecule has 110 valence electrons. The third-order valence-electron chi connectivity index (χ3n) is 3.64. The summed E-state index contributed by atoms with van der Waals surface area (Å²) < 4.78 is 0. The molecule has 1 amide bonds. The van der Waals surface area contributed by atoms with Crippen LogP contribution in [0, 0.1) is 19.8 Å². The van der Waals surface area contributed by atoms with E-state index in [4.69, 9.17) is 5.73 Å². The lowest BCUT2D eigenvalue weighted by molar-refractivity contribution is -0.124. The van der Waals surface area contributed by atoms with Gasteiger partial charge < -0.3 is 16.0 Å². The van der Waals surface area contributed by atoms with Crippen molar-refractivity contribution in [2.24, 2.45) is 11.7 Å². The van der Waals surface area contributed by atoms with Crippen LogP contribution in [-0.4, -0.2) is 17.4 Å². The molecule has 0 saturated heterocycles. The zero-order valence-electron chi connectivity index (χ0n) is 12.1. The number of hydrogen-bond acceptors (Lipinski definition) is 2. The smallest absolute Gasteiger partial charge is 0.224 e. The SMILES string of the molecule is Cc1[nH]c2ccc(CNC(=O)C(C)CN)cc2c1C.Cl. The van der Waals surface area contributed by atoms with Gasteiger partial charge in [-0.3, -0.25) is 4.79 Å². The number of rotatable bonds is 4. The number of halogens is 1. The van der Waals surface area contributed by atoms with Crippen LogP contribution in [-0.2, 0) is 11.3 Å². The number of aromatic nitrogens is 1.